The molecule has 0 saturated heterocycles. The first-order valence-electron chi connectivity index (χ1n) is 6.42. The van der Waals surface area contributed by atoms with Crippen LogP contribution in [0.5, 0.6) is 0 Å². The van der Waals surface area contributed by atoms with E-state index in [1.165, 1.54) is 0 Å². The first-order valence-corrected chi connectivity index (χ1v) is 8.33. The summed E-state index contributed by atoms with van der Waals surface area (Å²) in [5.41, 5.74) is 5.97. The molecule has 0 heterocycles. The molecule has 0 radical (unpaired) electrons. The monoisotopic (exact) mass is 350 g/mol. The van der Waals surface area contributed by atoms with Gasteiger partial charge in [0.2, 0.25) is 13.3 Å². The van der Waals surface area contributed by atoms with E-state index < -0.39 is 37.6 Å². The van der Waals surface area contributed by atoms with Crippen LogP contribution in [0.1, 0.15) is 12.0 Å². The van der Waals surface area contributed by atoms with Crippen LogP contribution in [0.4, 0.5) is 0 Å². The van der Waals surface area contributed by atoms with Crippen LogP contribution in [0.15, 0.2) is 30.3 Å². The van der Waals surface area contributed by atoms with Crippen molar-refractivity contribution in [2.75, 3.05) is 12.7 Å². The normalized spacial score (nSPS) is 14.3. The molecule has 1 rings (SSSR count). The highest BCUT2D eigenvalue weighted by atomic mass is 35.5. The molecule has 0 aliphatic carbocycles. The Morgan fingerprint density at radius 1 is 1.27 bits per heavy atom. The van der Waals surface area contributed by atoms with E-state index in [1.807, 2.05) is 0 Å². The van der Waals surface area contributed by atoms with Gasteiger partial charge >= 0.3 is 5.97 Å². The molecule has 22 heavy (non-hydrogen) atoms. The summed E-state index contributed by atoms with van der Waals surface area (Å²) < 4.78 is 12.3. The first-order chi connectivity index (χ1) is 9.85. The van der Waals surface area contributed by atoms with Crippen LogP contribution in [0.25, 0.3) is 0 Å². The molecule has 0 aromatic heterocycles. The second-order valence-corrected chi connectivity index (χ2v) is 7.18. The van der Waals surface area contributed by atoms with E-state index in [2.05, 4.69) is 5.32 Å². The lowest BCUT2D eigenvalue weighted by Gasteiger charge is -2.24. The van der Waals surface area contributed by atoms with Gasteiger partial charge in [-0.3, -0.25) is 14.2 Å². The van der Waals surface area contributed by atoms with E-state index >= 15 is 0 Å². The van der Waals surface area contributed by atoms with Crippen molar-refractivity contribution in [1.82, 2.24) is 5.32 Å². The third-order valence-corrected chi connectivity index (χ3v) is 5.07. The van der Waals surface area contributed by atoms with E-state index in [0.29, 0.717) is 0 Å². The number of halogens is 1. The van der Waals surface area contributed by atoms with Crippen molar-refractivity contribution in [2.24, 2.45) is 5.73 Å². The molecule has 1 amide bonds. The number of hydrogen-bond donors (Lipinski definition) is 4. The van der Waals surface area contributed by atoms with Crippen LogP contribution in [0.2, 0.25) is 0 Å². The van der Waals surface area contributed by atoms with E-state index in [0.717, 1.165) is 5.56 Å². The van der Waals surface area contributed by atoms with Crippen molar-refractivity contribution in [1.29, 1.82) is 0 Å². The maximum Gasteiger partial charge on any atom is 0.303 e. The van der Waals surface area contributed by atoms with E-state index in [4.69, 9.17) is 10.8 Å². The largest absolute Gasteiger partial charge is 0.481 e. The number of carbonyl (C=O) groups is 2. The zero-order valence-corrected chi connectivity index (χ0v) is 13.6. The summed E-state index contributed by atoms with van der Waals surface area (Å²) in [6, 6.07) is 8.88. The van der Waals surface area contributed by atoms with Crippen molar-refractivity contribution in [2.45, 2.75) is 18.6 Å². The fourth-order valence-electron chi connectivity index (χ4n) is 1.79. The molecule has 1 aromatic carbocycles. The highest BCUT2D eigenvalue weighted by molar-refractivity contribution is 7.58. The Hall–Kier alpha value is -1.40. The van der Waals surface area contributed by atoms with Gasteiger partial charge in [-0.15, -0.1) is 12.4 Å². The van der Waals surface area contributed by atoms with Gasteiger partial charge in [0.25, 0.3) is 0 Å². The second-order valence-electron chi connectivity index (χ2n) is 4.60. The van der Waals surface area contributed by atoms with Crippen molar-refractivity contribution >= 4 is 31.7 Å². The SMILES string of the molecule is Cl.NCC(=O)NC(Cc1ccccc1)P(=O)(O)CCC(=O)O. The summed E-state index contributed by atoms with van der Waals surface area (Å²) in [5, 5.41) is 11.0. The van der Waals surface area contributed by atoms with Crippen LogP contribution in [0.3, 0.4) is 0 Å². The zero-order valence-electron chi connectivity index (χ0n) is 11.8. The van der Waals surface area contributed by atoms with Gasteiger partial charge < -0.3 is 21.1 Å². The number of carboxylic acid groups (broad SMARTS) is 1. The number of nitrogens with two attached hydrogens (primary N) is 1. The van der Waals surface area contributed by atoms with Gasteiger partial charge in [-0.05, 0) is 5.56 Å². The molecule has 0 bridgehead atoms. The molecule has 0 spiro atoms. The van der Waals surface area contributed by atoms with E-state index in [1.54, 1.807) is 30.3 Å². The van der Waals surface area contributed by atoms with Gasteiger partial charge in [-0.1, -0.05) is 30.3 Å². The summed E-state index contributed by atoms with van der Waals surface area (Å²) in [5.74, 6) is -2.76. The summed E-state index contributed by atoms with van der Waals surface area (Å²) in [4.78, 5) is 32.0. The molecule has 2 atom stereocenters. The minimum Gasteiger partial charge on any atom is -0.481 e. The number of hydrogen-bond acceptors (Lipinski definition) is 4. The molecule has 1 aromatic rings. The Bertz CT molecular complexity index is 540. The van der Waals surface area contributed by atoms with Crippen LogP contribution in [-0.4, -0.2) is 40.4 Å². The van der Waals surface area contributed by atoms with Gasteiger partial charge in [0.15, 0.2) is 0 Å². The average molecular weight is 351 g/mol. The van der Waals surface area contributed by atoms with Crippen molar-refractivity contribution < 1.29 is 24.2 Å². The molecule has 0 aliphatic heterocycles. The minimum absolute atomic E-state index is 0. The van der Waals surface area contributed by atoms with Crippen LogP contribution < -0.4 is 11.1 Å². The average Bonchev–Trinajstić information content (AvgIpc) is 2.45. The van der Waals surface area contributed by atoms with Gasteiger partial charge in [0.1, 0.15) is 5.78 Å². The molecule has 0 fully saturated rings. The second kappa shape index (κ2) is 9.58. The Kier molecular flexibility index (Phi) is 8.97. The summed E-state index contributed by atoms with van der Waals surface area (Å²) in [7, 11) is -3.86. The fourth-order valence-corrected chi connectivity index (χ4v) is 3.45. The molecular weight excluding hydrogens is 331 g/mol. The third kappa shape index (κ3) is 7.04. The predicted molar refractivity (Wildman–Crippen MR) is 85.3 cm³/mol. The molecule has 124 valence electrons. The summed E-state index contributed by atoms with van der Waals surface area (Å²) in [6.45, 7) is -0.301. The lowest BCUT2D eigenvalue weighted by molar-refractivity contribution is -0.136. The van der Waals surface area contributed by atoms with Gasteiger partial charge in [0.05, 0.1) is 13.0 Å². The summed E-state index contributed by atoms with van der Waals surface area (Å²) in [6.07, 6.45) is -0.692. The number of carboxylic acids is 1. The maximum atomic E-state index is 12.3. The Balaban J connectivity index is 0.00000441. The Morgan fingerprint density at radius 3 is 2.36 bits per heavy atom. The topological polar surface area (TPSA) is 130 Å². The molecule has 2 unspecified atom stereocenters. The number of nitrogens with one attached hydrogen (secondary N) is 1. The van der Waals surface area contributed by atoms with Crippen LogP contribution in [-0.2, 0) is 20.6 Å². The van der Waals surface area contributed by atoms with Crippen molar-refractivity contribution in [3.63, 3.8) is 0 Å². The number of amides is 1. The number of carbonyl (C=O) groups excluding carboxylic acids is 1. The Morgan fingerprint density at radius 2 is 1.86 bits per heavy atom. The first kappa shape index (κ1) is 20.6. The molecule has 0 aliphatic rings. The fraction of sp³-hybridized carbons (Fsp3) is 0.385. The van der Waals surface area contributed by atoms with Crippen LogP contribution >= 0.6 is 19.8 Å². The van der Waals surface area contributed by atoms with Crippen LogP contribution in [0, 0.1) is 0 Å². The molecule has 9 heteroatoms. The summed E-state index contributed by atoms with van der Waals surface area (Å²) >= 11 is 0. The van der Waals surface area contributed by atoms with E-state index in [-0.39, 0.29) is 25.4 Å². The smallest absolute Gasteiger partial charge is 0.303 e. The number of aliphatic carboxylic acids is 1. The standard InChI is InChI=1S/C13H19N2O5P.ClH/c14-9-11(16)15-12(8-10-4-2-1-3-5-10)21(19,20)7-6-13(17)18;/h1-5,12H,6-9,14H2,(H,15,16)(H,17,18)(H,19,20);1H. The molecule has 5 N–H and O–H groups in total. The lowest BCUT2D eigenvalue weighted by atomic mass is 10.1. The van der Waals surface area contributed by atoms with Crippen molar-refractivity contribution in [3.05, 3.63) is 35.9 Å². The molecule has 7 nitrogen and oxygen atoms in total. The highest BCUT2D eigenvalue weighted by Gasteiger charge is 2.32. The quantitative estimate of drug-likeness (QED) is 0.513. The highest BCUT2D eigenvalue weighted by Crippen LogP contribution is 2.46. The number of rotatable bonds is 8. The lowest BCUT2D eigenvalue weighted by Crippen LogP contribution is -2.40. The van der Waals surface area contributed by atoms with Gasteiger partial charge in [-0.25, -0.2) is 0 Å². The van der Waals surface area contributed by atoms with Gasteiger partial charge in [0, 0.05) is 12.6 Å². The zero-order chi connectivity index (χ0) is 15.9. The maximum absolute atomic E-state index is 12.3. The number of benzene rings is 1. The third-order valence-electron chi connectivity index (χ3n) is 2.92. The van der Waals surface area contributed by atoms with Gasteiger partial charge in [-0.2, -0.15) is 0 Å². The minimum atomic E-state index is -3.86. The van der Waals surface area contributed by atoms with E-state index in [9.17, 15) is 19.0 Å². The molecule has 0 saturated carbocycles. The predicted octanol–water partition coefficient (Wildman–Crippen LogP) is 0.797. The Labute approximate surface area is 134 Å². The molecular formula is C13H20ClN2O5P. The van der Waals surface area contributed by atoms with Crippen molar-refractivity contribution in [3.8, 4) is 0 Å².